The highest BCUT2D eigenvalue weighted by molar-refractivity contribution is 7.89. The molecule has 8 heteroatoms. The second kappa shape index (κ2) is 10.4. The van der Waals surface area contributed by atoms with Gasteiger partial charge in [0, 0.05) is 45.7 Å². The quantitative estimate of drug-likeness (QED) is 0.688. The first-order valence-corrected chi connectivity index (χ1v) is 12.8. The van der Waals surface area contributed by atoms with Gasteiger partial charge in [0.1, 0.15) is 0 Å². The van der Waals surface area contributed by atoms with E-state index >= 15 is 0 Å². The Hall–Kier alpha value is -1.48. The zero-order valence-electron chi connectivity index (χ0n) is 19.1. The fraction of sp³-hybridized carbons (Fsp3) is 0.696. The molecule has 7 nitrogen and oxygen atoms in total. The first-order valence-electron chi connectivity index (χ1n) is 11.3. The molecule has 3 rings (SSSR count). The van der Waals surface area contributed by atoms with E-state index in [4.69, 9.17) is 4.74 Å². The standard InChI is InChI=1S/C23H37N3O4S/c1-23(2,3)20-4-6-21(7-5-20)31(28,29)24-11-8-22(27)26-12-9-19(10-13-26)18-25-14-16-30-17-15-25/h4-7,19,24H,8-18H2,1-3H3. The van der Waals surface area contributed by atoms with Crippen molar-refractivity contribution in [1.29, 1.82) is 0 Å². The number of nitrogens with zero attached hydrogens (tertiary/aromatic N) is 2. The Bertz CT molecular complexity index is 819. The van der Waals surface area contributed by atoms with Crippen molar-refractivity contribution in [3.05, 3.63) is 29.8 Å². The SMILES string of the molecule is CC(C)(C)c1ccc(S(=O)(=O)NCCC(=O)N2CCC(CN3CCOCC3)CC2)cc1. The molecular formula is C23H37N3O4S. The van der Waals surface area contributed by atoms with Gasteiger partial charge in [0.25, 0.3) is 0 Å². The largest absolute Gasteiger partial charge is 0.379 e. The number of carbonyl (C=O) groups is 1. The molecule has 0 radical (unpaired) electrons. The van der Waals surface area contributed by atoms with E-state index in [1.54, 1.807) is 12.1 Å². The van der Waals surface area contributed by atoms with Crippen molar-refractivity contribution in [3.63, 3.8) is 0 Å². The van der Waals surface area contributed by atoms with Gasteiger partial charge in [-0.3, -0.25) is 9.69 Å². The number of rotatable bonds is 7. The van der Waals surface area contributed by atoms with Crippen molar-refractivity contribution >= 4 is 15.9 Å². The zero-order valence-corrected chi connectivity index (χ0v) is 19.9. The molecule has 2 aliphatic rings. The smallest absolute Gasteiger partial charge is 0.240 e. The molecule has 0 aromatic heterocycles. The fourth-order valence-electron chi connectivity index (χ4n) is 4.18. The summed E-state index contributed by atoms with van der Waals surface area (Å²) < 4.78 is 33.0. The van der Waals surface area contributed by atoms with E-state index < -0.39 is 10.0 Å². The molecule has 2 fully saturated rings. The molecule has 0 unspecified atom stereocenters. The second-order valence-electron chi connectivity index (χ2n) is 9.66. The Labute approximate surface area is 187 Å². The van der Waals surface area contributed by atoms with Gasteiger partial charge in [-0.2, -0.15) is 0 Å². The Morgan fingerprint density at radius 1 is 1.06 bits per heavy atom. The van der Waals surface area contributed by atoms with Crippen molar-refractivity contribution < 1.29 is 17.9 Å². The molecule has 0 aliphatic carbocycles. The first kappa shape index (κ1) is 24.2. The lowest BCUT2D eigenvalue weighted by Gasteiger charge is -2.36. The van der Waals surface area contributed by atoms with Crippen LogP contribution in [0.15, 0.2) is 29.2 Å². The van der Waals surface area contributed by atoms with E-state index in [9.17, 15) is 13.2 Å². The molecular weight excluding hydrogens is 414 g/mol. The van der Waals surface area contributed by atoms with Crippen LogP contribution in [0.2, 0.25) is 0 Å². The minimum atomic E-state index is -3.61. The number of piperidine rings is 1. The normalized spacial score (nSPS) is 19.5. The molecule has 174 valence electrons. The maximum absolute atomic E-state index is 12.5. The van der Waals surface area contributed by atoms with Gasteiger partial charge in [0.2, 0.25) is 15.9 Å². The van der Waals surface area contributed by atoms with Crippen LogP contribution in [-0.4, -0.2) is 76.6 Å². The number of hydrogen-bond acceptors (Lipinski definition) is 5. The van der Waals surface area contributed by atoms with Crippen molar-refractivity contribution in [1.82, 2.24) is 14.5 Å². The van der Waals surface area contributed by atoms with Crippen LogP contribution >= 0.6 is 0 Å². The van der Waals surface area contributed by atoms with Crippen LogP contribution in [0.25, 0.3) is 0 Å². The van der Waals surface area contributed by atoms with Gasteiger partial charge in [0.15, 0.2) is 0 Å². The van der Waals surface area contributed by atoms with Crippen LogP contribution in [0, 0.1) is 5.92 Å². The van der Waals surface area contributed by atoms with Crippen LogP contribution in [0.5, 0.6) is 0 Å². The average Bonchev–Trinajstić information content (AvgIpc) is 2.74. The number of carbonyl (C=O) groups excluding carboxylic acids is 1. The maximum atomic E-state index is 12.5. The molecule has 1 aromatic rings. The van der Waals surface area contributed by atoms with Crippen LogP contribution in [0.3, 0.4) is 0 Å². The van der Waals surface area contributed by atoms with Gasteiger partial charge in [0.05, 0.1) is 18.1 Å². The van der Waals surface area contributed by atoms with Crippen molar-refractivity contribution in [2.45, 2.75) is 50.3 Å². The molecule has 1 N–H and O–H groups in total. The molecule has 2 saturated heterocycles. The Kier molecular flexibility index (Phi) is 8.13. The monoisotopic (exact) mass is 451 g/mol. The third kappa shape index (κ3) is 7.00. The number of benzene rings is 1. The lowest BCUT2D eigenvalue weighted by molar-refractivity contribution is -0.132. The summed E-state index contributed by atoms with van der Waals surface area (Å²) in [4.78, 5) is 17.1. The van der Waals surface area contributed by atoms with Gasteiger partial charge >= 0.3 is 0 Å². The number of ether oxygens (including phenoxy) is 1. The molecule has 0 saturated carbocycles. The molecule has 1 aromatic carbocycles. The lowest BCUT2D eigenvalue weighted by Crippen LogP contribution is -2.44. The molecule has 31 heavy (non-hydrogen) atoms. The molecule has 2 aliphatic heterocycles. The zero-order chi connectivity index (χ0) is 22.5. The van der Waals surface area contributed by atoms with Crippen LogP contribution in [-0.2, 0) is 25.0 Å². The van der Waals surface area contributed by atoms with Crippen molar-refractivity contribution in [2.75, 3.05) is 52.5 Å². The van der Waals surface area contributed by atoms with E-state index in [1.807, 2.05) is 17.0 Å². The minimum Gasteiger partial charge on any atom is -0.379 e. The lowest BCUT2D eigenvalue weighted by atomic mass is 9.87. The number of hydrogen-bond donors (Lipinski definition) is 1. The average molecular weight is 452 g/mol. The van der Waals surface area contributed by atoms with Crippen LogP contribution in [0.1, 0.15) is 45.6 Å². The molecule has 0 spiro atoms. The molecule has 2 heterocycles. The highest BCUT2D eigenvalue weighted by atomic mass is 32.2. The third-order valence-electron chi connectivity index (χ3n) is 6.25. The van der Waals surface area contributed by atoms with Gasteiger partial charge in [-0.1, -0.05) is 32.9 Å². The summed E-state index contributed by atoms with van der Waals surface area (Å²) in [5.41, 5.74) is 1.05. The fourth-order valence-corrected chi connectivity index (χ4v) is 5.21. The van der Waals surface area contributed by atoms with Gasteiger partial charge in [-0.05, 0) is 41.9 Å². The summed E-state index contributed by atoms with van der Waals surface area (Å²) in [5.74, 6) is 0.646. The highest BCUT2D eigenvalue weighted by Gasteiger charge is 2.25. The maximum Gasteiger partial charge on any atom is 0.240 e. The van der Waals surface area contributed by atoms with E-state index in [2.05, 4.69) is 30.4 Å². The van der Waals surface area contributed by atoms with E-state index in [1.165, 1.54) is 0 Å². The summed E-state index contributed by atoms with van der Waals surface area (Å²) in [6.45, 7) is 12.6. The number of nitrogens with one attached hydrogen (secondary N) is 1. The van der Waals surface area contributed by atoms with E-state index in [0.717, 1.165) is 64.3 Å². The van der Waals surface area contributed by atoms with Gasteiger partial charge in [-0.25, -0.2) is 13.1 Å². The predicted molar refractivity (Wildman–Crippen MR) is 122 cm³/mol. The van der Waals surface area contributed by atoms with Crippen molar-refractivity contribution in [3.8, 4) is 0 Å². The molecule has 1 amide bonds. The van der Waals surface area contributed by atoms with Gasteiger partial charge in [-0.15, -0.1) is 0 Å². The number of sulfonamides is 1. The van der Waals surface area contributed by atoms with E-state index in [-0.39, 0.29) is 29.2 Å². The number of amides is 1. The Morgan fingerprint density at radius 2 is 1.68 bits per heavy atom. The third-order valence-corrected chi connectivity index (χ3v) is 7.73. The molecule has 0 bridgehead atoms. The number of morpholine rings is 1. The molecule has 0 atom stereocenters. The summed E-state index contributed by atoms with van der Waals surface area (Å²) in [6, 6.07) is 6.95. The summed E-state index contributed by atoms with van der Waals surface area (Å²) in [5, 5.41) is 0. The van der Waals surface area contributed by atoms with Crippen molar-refractivity contribution in [2.24, 2.45) is 5.92 Å². The number of likely N-dealkylation sites (tertiary alicyclic amines) is 1. The first-order chi connectivity index (χ1) is 14.6. The highest BCUT2D eigenvalue weighted by Crippen LogP contribution is 2.23. The summed E-state index contributed by atoms with van der Waals surface area (Å²) in [6.07, 6.45) is 2.21. The second-order valence-corrected chi connectivity index (χ2v) is 11.4. The Morgan fingerprint density at radius 3 is 2.26 bits per heavy atom. The van der Waals surface area contributed by atoms with Crippen LogP contribution in [0.4, 0.5) is 0 Å². The van der Waals surface area contributed by atoms with Gasteiger partial charge < -0.3 is 9.64 Å². The minimum absolute atomic E-state index is 0.0237. The van der Waals surface area contributed by atoms with Crippen LogP contribution < -0.4 is 4.72 Å². The summed E-state index contributed by atoms with van der Waals surface area (Å²) in [7, 11) is -3.61. The predicted octanol–water partition coefficient (Wildman–Crippen LogP) is 2.22. The summed E-state index contributed by atoms with van der Waals surface area (Å²) >= 11 is 0. The topological polar surface area (TPSA) is 79.0 Å². The van der Waals surface area contributed by atoms with E-state index in [0.29, 0.717) is 5.92 Å². The Balaban J connectivity index is 1.40.